The van der Waals surface area contributed by atoms with Gasteiger partial charge in [-0.2, -0.15) is 4.98 Å². The number of esters is 3. The van der Waals surface area contributed by atoms with Gasteiger partial charge < -0.3 is 68.9 Å². The van der Waals surface area contributed by atoms with Crippen LogP contribution in [0.2, 0.25) is 0 Å². The van der Waals surface area contributed by atoms with E-state index in [0.29, 0.717) is 38.6 Å². The lowest BCUT2D eigenvalue weighted by atomic mass is 10.0. The fourth-order valence-corrected chi connectivity index (χ4v) is 7.37. The number of phosphoric ester groups is 1. The monoisotopic (exact) mass is 888 g/mol. The molecule has 10 atom stereocenters. The summed E-state index contributed by atoms with van der Waals surface area (Å²) in [6.07, 6.45) is -6.33. The third-order valence-corrected chi connectivity index (χ3v) is 10.2. The Kier molecular flexibility index (Phi) is 21.2. The number of amides is 1. The summed E-state index contributed by atoms with van der Waals surface area (Å²) in [4.78, 5) is 91.9. The van der Waals surface area contributed by atoms with Gasteiger partial charge in [-0.3, -0.25) is 32.8 Å². The molecule has 2 saturated heterocycles. The molecule has 8 N–H and O–H groups in total. The van der Waals surface area contributed by atoms with Crippen molar-refractivity contribution in [2.24, 2.45) is 5.92 Å². The molecule has 1 aromatic rings. The highest BCUT2D eigenvalue weighted by Crippen LogP contribution is 2.49. The van der Waals surface area contributed by atoms with Crippen molar-refractivity contribution in [3.63, 3.8) is 0 Å². The van der Waals surface area contributed by atoms with Crippen molar-refractivity contribution < 1.29 is 90.6 Å². The minimum absolute atomic E-state index is 0.0508. The van der Waals surface area contributed by atoms with Crippen molar-refractivity contribution in [3.05, 3.63) is 22.7 Å². The maximum Gasteiger partial charge on any atom is 0.472 e. The number of hydrogen-bond acceptors (Lipinski definition) is 21. The second-order valence-electron chi connectivity index (χ2n) is 13.6. The predicted molar refractivity (Wildman–Crippen MR) is 199 cm³/mol. The number of rotatable bonds is 25. The average molecular weight is 889 g/mol. The normalized spacial score (nSPS) is 25.8. The van der Waals surface area contributed by atoms with Crippen LogP contribution in [0.25, 0.3) is 0 Å². The highest BCUT2D eigenvalue weighted by atomic mass is 31.2. The lowest BCUT2D eigenvalue weighted by Gasteiger charge is -2.39. The van der Waals surface area contributed by atoms with Crippen LogP contribution in [0.5, 0.6) is 0 Å². The molecule has 1 amide bonds. The molecular formula is C33H54N4O20P2. The quantitative estimate of drug-likeness (QED) is 0.0280. The minimum atomic E-state index is -4.95. The van der Waals surface area contributed by atoms with Crippen molar-refractivity contribution in [3.8, 4) is 0 Å². The first-order valence-electron chi connectivity index (χ1n) is 18.7. The standard InChI is InChI=1S/C33H54N4O20P2/c1-19(39)50-17-24-30(54-21(3)41)23(53-20(2)40)14-28(55-24)49-13-7-5-9-27(42)35-11-6-4-8-22(15-38)16-52-59(47,48)57-31-25(18-51-58(45)46)56-32(29(31)43)37-12-10-26(34)36-33(37)44/h10,12,22-25,28-32,38,43,45-46H,4-9,11,13-18H2,1-3H3,(H,35,42)(H,47,48)(H2,34,36,44). The molecule has 2 aliphatic heterocycles. The van der Waals surface area contributed by atoms with Crippen LogP contribution >= 0.6 is 16.4 Å². The van der Waals surface area contributed by atoms with Crippen LogP contribution in [0.4, 0.5) is 5.82 Å². The smallest absolute Gasteiger partial charge is 0.463 e. The van der Waals surface area contributed by atoms with Crippen molar-refractivity contribution in [2.75, 3.05) is 45.3 Å². The van der Waals surface area contributed by atoms with Gasteiger partial charge in [0, 0.05) is 65.5 Å². The Morgan fingerprint density at radius 3 is 2.39 bits per heavy atom. The molecule has 2 fully saturated rings. The summed E-state index contributed by atoms with van der Waals surface area (Å²) in [7, 11) is -7.82. The number of ether oxygens (including phenoxy) is 6. The third kappa shape index (κ3) is 17.7. The van der Waals surface area contributed by atoms with E-state index in [0.717, 1.165) is 4.57 Å². The molecule has 0 saturated carbocycles. The van der Waals surface area contributed by atoms with Gasteiger partial charge in [0.1, 0.15) is 42.9 Å². The van der Waals surface area contributed by atoms with E-state index in [1.165, 1.54) is 33.0 Å². The van der Waals surface area contributed by atoms with E-state index in [1.54, 1.807) is 0 Å². The molecule has 24 nitrogen and oxygen atoms in total. The van der Waals surface area contributed by atoms with Gasteiger partial charge in [0.05, 0.1) is 13.2 Å². The van der Waals surface area contributed by atoms with Gasteiger partial charge in [-0.05, 0) is 31.7 Å². The Morgan fingerprint density at radius 1 is 1.03 bits per heavy atom. The van der Waals surface area contributed by atoms with E-state index in [9.17, 15) is 53.4 Å². The zero-order valence-corrected chi connectivity index (χ0v) is 34.6. The van der Waals surface area contributed by atoms with Crippen LogP contribution in [0, 0.1) is 5.92 Å². The van der Waals surface area contributed by atoms with Crippen molar-refractivity contribution in [1.82, 2.24) is 14.9 Å². The van der Waals surface area contributed by atoms with Crippen LogP contribution in [-0.2, 0) is 65.7 Å². The van der Waals surface area contributed by atoms with E-state index in [1.807, 2.05) is 0 Å². The number of aliphatic hydroxyl groups excluding tert-OH is 2. The molecular weight excluding hydrogens is 834 g/mol. The molecule has 10 unspecified atom stereocenters. The summed E-state index contributed by atoms with van der Waals surface area (Å²) in [5.74, 6) is -2.77. The molecule has 59 heavy (non-hydrogen) atoms. The summed E-state index contributed by atoms with van der Waals surface area (Å²) in [5, 5.41) is 23.5. The largest absolute Gasteiger partial charge is 0.472 e. The van der Waals surface area contributed by atoms with E-state index >= 15 is 0 Å². The SMILES string of the molecule is CC(=O)OCC1OC(OCCCCC(=O)NCCCCC(CO)COP(=O)(O)OC2C(COP(O)O)OC(n3ccc(N)nc3=O)C2O)CC(OC(C)=O)C1OC(C)=O. The number of nitrogens with one attached hydrogen (secondary N) is 1. The van der Waals surface area contributed by atoms with E-state index in [2.05, 4.69) is 10.3 Å². The molecule has 0 bridgehead atoms. The van der Waals surface area contributed by atoms with Gasteiger partial charge in [-0.1, -0.05) is 6.42 Å². The molecule has 0 aliphatic carbocycles. The van der Waals surface area contributed by atoms with Crippen LogP contribution in [0.1, 0.15) is 71.9 Å². The Balaban J connectivity index is 1.36. The number of anilines is 1. The van der Waals surface area contributed by atoms with Crippen LogP contribution in [0.15, 0.2) is 17.1 Å². The average Bonchev–Trinajstić information content (AvgIpc) is 3.44. The first-order chi connectivity index (χ1) is 27.9. The molecule has 0 radical (unpaired) electrons. The second kappa shape index (κ2) is 24.9. The molecule has 2 aliphatic rings. The maximum atomic E-state index is 12.9. The first-order valence-corrected chi connectivity index (χ1v) is 21.3. The summed E-state index contributed by atoms with van der Waals surface area (Å²) in [6, 6.07) is 1.25. The Morgan fingerprint density at radius 2 is 1.75 bits per heavy atom. The van der Waals surface area contributed by atoms with E-state index < -0.39 is 115 Å². The number of nitrogens with two attached hydrogens (primary N) is 1. The van der Waals surface area contributed by atoms with Gasteiger partial charge in [0.2, 0.25) is 5.91 Å². The van der Waals surface area contributed by atoms with Gasteiger partial charge in [0.25, 0.3) is 0 Å². The number of carbonyl (C=O) groups excluding carboxylic acids is 4. The topological polar surface area (TPSA) is 343 Å². The Hall–Kier alpha value is -3.22. The van der Waals surface area contributed by atoms with Crippen molar-refractivity contribution in [1.29, 1.82) is 0 Å². The van der Waals surface area contributed by atoms with Crippen LogP contribution in [-0.4, -0.2) is 141 Å². The molecule has 336 valence electrons. The van der Waals surface area contributed by atoms with Gasteiger partial charge >= 0.3 is 40.0 Å². The molecule has 3 heterocycles. The number of nitrogen functional groups attached to an aromatic ring is 1. The van der Waals surface area contributed by atoms with Gasteiger partial charge in [0.15, 0.2) is 18.6 Å². The molecule has 0 spiro atoms. The maximum absolute atomic E-state index is 12.9. The lowest BCUT2D eigenvalue weighted by molar-refractivity contribution is -0.266. The molecule has 26 heteroatoms. The third-order valence-electron chi connectivity index (χ3n) is 8.79. The minimum Gasteiger partial charge on any atom is -0.463 e. The van der Waals surface area contributed by atoms with E-state index in [4.69, 9.17) is 47.7 Å². The summed E-state index contributed by atoms with van der Waals surface area (Å²) < 4.78 is 61.7. The van der Waals surface area contributed by atoms with Crippen molar-refractivity contribution >= 4 is 46.1 Å². The molecule has 1 aromatic heterocycles. The van der Waals surface area contributed by atoms with Crippen molar-refractivity contribution in [2.45, 2.75) is 115 Å². The highest BCUT2D eigenvalue weighted by Gasteiger charge is 2.50. The van der Waals surface area contributed by atoms with Crippen LogP contribution < -0.4 is 16.7 Å². The Labute approximate surface area is 340 Å². The second-order valence-corrected chi connectivity index (χ2v) is 15.7. The molecule has 3 rings (SSSR count). The predicted octanol–water partition coefficient (Wildman–Crippen LogP) is -0.562. The fraction of sp³-hybridized carbons (Fsp3) is 0.758. The van der Waals surface area contributed by atoms with Crippen LogP contribution in [0.3, 0.4) is 0 Å². The van der Waals surface area contributed by atoms with Gasteiger partial charge in [-0.25, -0.2) is 9.36 Å². The number of carbonyl (C=O) groups is 4. The number of aliphatic hydroxyl groups is 2. The zero-order valence-electron chi connectivity index (χ0n) is 32.8. The molecule has 0 aromatic carbocycles. The first kappa shape index (κ1) is 50.1. The number of hydrogen-bond donors (Lipinski definition) is 7. The number of phosphoric acid groups is 1. The summed E-state index contributed by atoms with van der Waals surface area (Å²) >= 11 is 0. The summed E-state index contributed by atoms with van der Waals surface area (Å²) in [5.41, 5.74) is 4.60. The number of unbranched alkanes of at least 4 members (excludes halogenated alkanes) is 2. The van der Waals surface area contributed by atoms with E-state index in [-0.39, 0.29) is 37.8 Å². The summed E-state index contributed by atoms with van der Waals surface area (Å²) in [6.45, 7) is 2.37. The zero-order chi connectivity index (χ0) is 43.7. The van der Waals surface area contributed by atoms with Gasteiger partial charge in [-0.15, -0.1) is 0 Å². The lowest BCUT2D eigenvalue weighted by Crippen LogP contribution is -2.54. The number of nitrogens with zero attached hydrogens (tertiary/aromatic N) is 2. The number of aromatic nitrogens is 2. The Bertz CT molecular complexity index is 1620. The fourth-order valence-electron chi connectivity index (χ4n) is 6.06. The highest BCUT2D eigenvalue weighted by molar-refractivity contribution is 7.47.